The Morgan fingerprint density at radius 2 is 1.88 bits per heavy atom. The van der Waals surface area contributed by atoms with Crippen molar-refractivity contribution < 1.29 is 17.9 Å². The molecule has 11 heteroatoms. The van der Waals surface area contributed by atoms with E-state index in [4.69, 9.17) is 9.47 Å². The molecule has 3 fully saturated rings. The van der Waals surface area contributed by atoms with E-state index >= 15 is 0 Å². The van der Waals surface area contributed by atoms with Gasteiger partial charge < -0.3 is 19.3 Å². The fraction of sp³-hybridized carbons (Fsp3) is 0.517. The monoisotopic (exact) mass is 564 g/mol. The van der Waals surface area contributed by atoms with Crippen LogP contribution in [0.1, 0.15) is 55.9 Å². The molecule has 212 valence electrons. The molecule has 1 aromatic carbocycles. The number of benzene rings is 1. The number of anilines is 3. The van der Waals surface area contributed by atoms with Crippen LogP contribution in [-0.2, 0) is 19.5 Å². The van der Waals surface area contributed by atoms with E-state index in [1.165, 1.54) is 6.42 Å². The van der Waals surface area contributed by atoms with E-state index in [0.717, 1.165) is 80.9 Å². The largest absolute Gasteiger partial charge is 0.446 e. The van der Waals surface area contributed by atoms with Crippen molar-refractivity contribution in [3.63, 3.8) is 0 Å². The van der Waals surface area contributed by atoms with E-state index in [9.17, 15) is 8.42 Å². The lowest BCUT2D eigenvalue weighted by molar-refractivity contribution is 0.0560. The van der Waals surface area contributed by atoms with Gasteiger partial charge in [-0.05, 0) is 74.8 Å². The summed E-state index contributed by atoms with van der Waals surface area (Å²) in [5.41, 5.74) is 6.43. The first-order chi connectivity index (χ1) is 19.5. The van der Waals surface area contributed by atoms with Gasteiger partial charge in [-0.1, -0.05) is 12.2 Å². The van der Waals surface area contributed by atoms with Gasteiger partial charge in [0.1, 0.15) is 5.82 Å². The fourth-order valence-corrected chi connectivity index (χ4v) is 7.44. The number of hydrazone groups is 1. The molecule has 40 heavy (non-hydrogen) atoms. The predicted octanol–water partition coefficient (Wildman–Crippen LogP) is 3.74. The first-order valence-electron chi connectivity index (χ1n) is 14.4. The Labute approximate surface area is 235 Å². The van der Waals surface area contributed by atoms with Crippen molar-refractivity contribution in [2.24, 2.45) is 11.0 Å². The normalized spacial score (nSPS) is 27.3. The number of nitrogens with one attached hydrogen (secondary N) is 2. The maximum atomic E-state index is 12.7. The molecule has 8 bridgehead atoms. The molecular formula is C29H36N6O4S. The van der Waals surface area contributed by atoms with Crippen molar-refractivity contribution in [3.8, 4) is 0 Å². The third-order valence-electron chi connectivity index (χ3n) is 8.44. The number of rotatable bonds is 3. The third-order valence-corrected chi connectivity index (χ3v) is 10.3. The highest BCUT2D eigenvalue weighted by molar-refractivity contribution is 7.93. The molecule has 5 aliphatic heterocycles. The maximum absolute atomic E-state index is 12.7. The van der Waals surface area contributed by atoms with Crippen molar-refractivity contribution in [2.45, 2.75) is 56.1 Å². The van der Waals surface area contributed by atoms with Crippen LogP contribution in [0.5, 0.6) is 0 Å². The number of hydrogen-bond acceptors (Lipinski definition) is 9. The molecule has 1 aromatic heterocycles. The van der Waals surface area contributed by atoms with Gasteiger partial charge in [-0.15, -0.1) is 5.10 Å². The van der Waals surface area contributed by atoms with E-state index in [2.05, 4.69) is 48.3 Å². The van der Waals surface area contributed by atoms with Gasteiger partial charge in [0, 0.05) is 37.9 Å². The summed E-state index contributed by atoms with van der Waals surface area (Å²) in [6.45, 7) is 4.14. The van der Waals surface area contributed by atoms with Gasteiger partial charge in [0.05, 0.1) is 34.9 Å². The Bertz CT molecular complexity index is 1420. The number of ether oxygens (including phenoxy) is 2. The summed E-state index contributed by atoms with van der Waals surface area (Å²) in [5, 5.41) is 4.29. The first kappa shape index (κ1) is 25.6. The number of piperidine rings is 2. The Kier molecular flexibility index (Phi) is 6.79. The summed E-state index contributed by atoms with van der Waals surface area (Å²) in [7, 11) is -3.37. The summed E-state index contributed by atoms with van der Waals surface area (Å²) in [4.78, 5) is 9.30. The average Bonchev–Trinajstić information content (AvgIpc) is 3.74. The minimum absolute atomic E-state index is 0.197. The van der Waals surface area contributed by atoms with E-state index in [1.54, 1.807) is 6.07 Å². The Morgan fingerprint density at radius 3 is 2.73 bits per heavy atom. The molecule has 2 unspecified atom stereocenters. The molecule has 0 spiro atoms. The summed E-state index contributed by atoms with van der Waals surface area (Å²) < 4.78 is 40.8. The standard InChI is InChI=1S/C29H36N6O4S/c36-40(37,24-6-7-24)33-22-5-8-25-26(18-22)34-14-10-23(11-15-34)38-16-2-4-20-3-1-13-35(19-20)27-17-21(9-12-30-27)28-31-32-29(25)39-28/h2,4-5,8-9,12,17-18,20,23-24,28,31,33H,1,3,6-7,10-11,13-16,19H2/b4-2+. The van der Waals surface area contributed by atoms with Gasteiger partial charge in [0.2, 0.25) is 22.1 Å². The number of hydrogen-bond donors (Lipinski definition) is 2. The van der Waals surface area contributed by atoms with Gasteiger partial charge in [-0.3, -0.25) is 10.1 Å². The molecule has 2 atom stereocenters. The summed E-state index contributed by atoms with van der Waals surface area (Å²) >= 11 is 0. The molecule has 2 N–H and O–H groups in total. The van der Waals surface area contributed by atoms with Crippen LogP contribution in [0.15, 0.2) is 53.8 Å². The van der Waals surface area contributed by atoms with Crippen LogP contribution in [0.4, 0.5) is 17.2 Å². The minimum Gasteiger partial charge on any atom is -0.446 e. The number of sulfonamides is 1. The van der Waals surface area contributed by atoms with Gasteiger partial charge in [-0.2, -0.15) is 0 Å². The van der Waals surface area contributed by atoms with Crippen LogP contribution < -0.4 is 19.9 Å². The van der Waals surface area contributed by atoms with E-state index in [0.29, 0.717) is 24.1 Å². The van der Waals surface area contributed by atoms with E-state index < -0.39 is 16.3 Å². The fourth-order valence-electron chi connectivity index (χ4n) is 6.06. The minimum atomic E-state index is -3.37. The molecule has 1 aliphatic carbocycles. The van der Waals surface area contributed by atoms with Crippen LogP contribution in [0.25, 0.3) is 0 Å². The van der Waals surface area contributed by atoms with Crippen molar-refractivity contribution >= 4 is 33.1 Å². The Hall–Kier alpha value is -3.31. The zero-order valence-electron chi connectivity index (χ0n) is 22.5. The van der Waals surface area contributed by atoms with Crippen LogP contribution in [0.2, 0.25) is 0 Å². The predicted molar refractivity (Wildman–Crippen MR) is 155 cm³/mol. The zero-order valence-corrected chi connectivity index (χ0v) is 23.4. The lowest BCUT2D eigenvalue weighted by Crippen LogP contribution is -2.38. The molecule has 6 aliphatic rings. The smallest absolute Gasteiger partial charge is 0.242 e. The maximum Gasteiger partial charge on any atom is 0.242 e. The molecule has 8 rings (SSSR count). The molecular weight excluding hydrogens is 528 g/mol. The van der Waals surface area contributed by atoms with Crippen LogP contribution >= 0.6 is 0 Å². The zero-order chi connectivity index (χ0) is 27.1. The second kappa shape index (κ2) is 10.6. The van der Waals surface area contributed by atoms with Crippen molar-refractivity contribution in [1.82, 2.24) is 10.4 Å². The topological polar surface area (TPSA) is 108 Å². The van der Waals surface area contributed by atoms with Crippen molar-refractivity contribution in [2.75, 3.05) is 47.3 Å². The first-order valence-corrected chi connectivity index (χ1v) is 16.0. The van der Waals surface area contributed by atoms with E-state index in [-0.39, 0.29) is 11.4 Å². The lowest BCUT2D eigenvalue weighted by Gasteiger charge is -2.34. The second-order valence-electron chi connectivity index (χ2n) is 11.4. The van der Waals surface area contributed by atoms with Gasteiger partial charge in [0.25, 0.3) is 0 Å². The molecule has 10 nitrogen and oxygen atoms in total. The van der Waals surface area contributed by atoms with Gasteiger partial charge in [0.15, 0.2) is 0 Å². The molecule has 1 saturated carbocycles. The highest BCUT2D eigenvalue weighted by Gasteiger charge is 2.36. The van der Waals surface area contributed by atoms with Crippen LogP contribution in [0.3, 0.4) is 0 Å². The Morgan fingerprint density at radius 1 is 1.00 bits per heavy atom. The quantitative estimate of drug-likeness (QED) is 0.543. The average molecular weight is 565 g/mol. The number of pyridine rings is 1. The van der Waals surface area contributed by atoms with Crippen LogP contribution in [0, 0.1) is 5.92 Å². The van der Waals surface area contributed by atoms with E-state index in [1.807, 2.05) is 24.4 Å². The molecule has 2 aromatic rings. The number of nitrogens with zero attached hydrogens (tertiary/aromatic N) is 4. The summed E-state index contributed by atoms with van der Waals surface area (Å²) in [6, 6.07) is 9.67. The van der Waals surface area contributed by atoms with Crippen molar-refractivity contribution in [1.29, 1.82) is 0 Å². The lowest BCUT2D eigenvalue weighted by atomic mass is 9.97. The van der Waals surface area contributed by atoms with Gasteiger partial charge >= 0.3 is 0 Å². The number of aromatic nitrogens is 1. The van der Waals surface area contributed by atoms with Crippen molar-refractivity contribution in [3.05, 3.63) is 59.8 Å². The molecule has 2 saturated heterocycles. The van der Waals surface area contributed by atoms with Crippen LogP contribution in [-0.4, -0.2) is 63.4 Å². The number of fused-ring (bicyclic) bond motifs is 4. The Balaban J connectivity index is 1.21. The molecule has 0 amide bonds. The third kappa shape index (κ3) is 5.36. The van der Waals surface area contributed by atoms with Gasteiger partial charge in [-0.25, -0.2) is 13.4 Å². The molecule has 6 heterocycles. The SMILES string of the molecule is O=S(=O)(Nc1ccc2c(c1)N1CCC(CC1)OC/C=C/C1CCCN(C1)c1cc(ccn1)C1NN=C2O1)C1CC1. The highest BCUT2D eigenvalue weighted by Crippen LogP contribution is 2.35. The highest BCUT2D eigenvalue weighted by atomic mass is 32.2. The summed E-state index contributed by atoms with van der Waals surface area (Å²) in [6.07, 6.45) is 11.6. The molecule has 0 radical (unpaired) electrons. The summed E-state index contributed by atoms with van der Waals surface area (Å²) in [5.74, 6) is 1.91. The second-order valence-corrected chi connectivity index (χ2v) is 13.3.